The van der Waals surface area contributed by atoms with Gasteiger partial charge in [-0.1, -0.05) is 0 Å². The number of pyridine rings is 1. The molecule has 0 aliphatic heterocycles. The lowest BCUT2D eigenvalue weighted by Gasteiger charge is -2.06. The number of nitrogens with zero attached hydrogens (tertiary/aromatic N) is 3. The molecule has 3 aromatic rings. The van der Waals surface area contributed by atoms with Crippen LogP contribution >= 0.6 is 11.5 Å². The van der Waals surface area contributed by atoms with E-state index in [1.165, 1.54) is 18.5 Å². The summed E-state index contributed by atoms with van der Waals surface area (Å²) in [5.41, 5.74) is 0.634. The summed E-state index contributed by atoms with van der Waals surface area (Å²) >= 11 is 0.822. The Kier molecular flexibility index (Phi) is 4.05. The molecule has 0 saturated carbocycles. The molecule has 0 aliphatic rings. The molecule has 118 valence electrons. The fraction of sp³-hybridized carbons (Fsp3) is 0.0714. The summed E-state index contributed by atoms with van der Waals surface area (Å²) in [7, 11) is -3.37. The molecule has 6 nitrogen and oxygen atoms in total. The summed E-state index contributed by atoms with van der Waals surface area (Å²) in [5.74, 6) is 0.239. The Morgan fingerprint density at radius 1 is 1.17 bits per heavy atom. The number of sulfone groups is 1. The van der Waals surface area contributed by atoms with E-state index in [9.17, 15) is 12.8 Å². The van der Waals surface area contributed by atoms with Gasteiger partial charge in [0.1, 0.15) is 5.75 Å². The van der Waals surface area contributed by atoms with Gasteiger partial charge in [-0.25, -0.2) is 17.8 Å². The van der Waals surface area contributed by atoms with Gasteiger partial charge in [-0.3, -0.25) is 4.98 Å². The number of hydrogen-bond acceptors (Lipinski definition) is 7. The zero-order valence-corrected chi connectivity index (χ0v) is 13.4. The Labute approximate surface area is 135 Å². The quantitative estimate of drug-likeness (QED) is 0.719. The van der Waals surface area contributed by atoms with Crippen LogP contribution < -0.4 is 4.74 Å². The Morgan fingerprint density at radius 2 is 1.91 bits per heavy atom. The second-order valence-corrected chi connectivity index (χ2v) is 7.53. The van der Waals surface area contributed by atoms with Gasteiger partial charge in [0.2, 0.25) is 14.2 Å². The second-order valence-electron chi connectivity index (χ2n) is 4.59. The molecular formula is C14H10FN3O3S2. The van der Waals surface area contributed by atoms with Crippen LogP contribution in [0.4, 0.5) is 4.39 Å². The van der Waals surface area contributed by atoms with Gasteiger partial charge in [-0.2, -0.15) is 4.37 Å². The van der Waals surface area contributed by atoms with Gasteiger partial charge in [0.05, 0.1) is 6.20 Å². The number of halogens is 1. The fourth-order valence-corrected chi connectivity index (χ4v) is 3.06. The van der Waals surface area contributed by atoms with E-state index in [1.807, 2.05) is 0 Å². The lowest BCUT2D eigenvalue weighted by molar-refractivity contribution is 0.439. The second kappa shape index (κ2) is 6.01. The minimum absolute atomic E-state index is 0.0198. The van der Waals surface area contributed by atoms with E-state index >= 15 is 0 Å². The standard InChI is InChI=1S/C14H10FN3O3S2/c1-23(19,20)14-17-13(18-22-14)9-2-4-10(5-3-9)21-12-8-16-7-6-11(12)15/h2-8H,1H3. The number of hydrogen-bond donors (Lipinski definition) is 0. The van der Waals surface area contributed by atoms with Crippen LogP contribution in [-0.4, -0.2) is 29.0 Å². The molecule has 0 atom stereocenters. The van der Waals surface area contributed by atoms with Crippen LogP contribution in [0.3, 0.4) is 0 Å². The largest absolute Gasteiger partial charge is 0.453 e. The Balaban J connectivity index is 1.82. The highest BCUT2D eigenvalue weighted by Crippen LogP contribution is 2.26. The molecule has 0 saturated heterocycles. The summed E-state index contributed by atoms with van der Waals surface area (Å²) in [6, 6.07) is 7.76. The smallest absolute Gasteiger partial charge is 0.228 e. The molecule has 9 heteroatoms. The van der Waals surface area contributed by atoms with Crippen molar-refractivity contribution < 1.29 is 17.5 Å². The predicted octanol–water partition coefficient (Wildman–Crippen LogP) is 2.94. The van der Waals surface area contributed by atoms with Crippen LogP contribution in [0, 0.1) is 5.82 Å². The van der Waals surface area contributed by atoms with Gasteiger partial charge in [0, 0.05) is 18.0 Å². The maximum absolute atomic E-state index is 13.5. The van der Waals surface area contributed by atoms with Gasteiger partial charge < -0.3 is 4.74 Å². The van der Waals surface area contributed by atoms with Crippen molar-refractivity contribution in [1.82, 2.24) is 14.3 Å². The lowest BCUT2D eigenvalue weighted by Crippen LogP contribution is -1.95. The van der Waals surface area contributed by atoms with E-state index in [1.54, 1.807) is 24.3 Å². The van der Waals surface area contributed by atoms with Gasteiger partial charge in [-0.15, -0.1) is 0 Å². The minimum atomic E-state index is -3.37. The lowest BCUT2D eigenvalue weighted by atomic mass is 10.2. The molecule has 0 amide bonds. The summed E-state index contributed by atoms with van der Waals surface area (Å²) in [4.78, 5) is 7.78. The number of ether oxygens (including phenoxy) is 1. The molecule has 0 N–H and O–H groups in total. The first-order chi connectivity index (χ1) is 10.9. The van der Waals surface area contributed by atoms with Crippen LogP contribution in [0.1, 0.15) is 0 Å². The highest BCUT2D eigenvalue weighted by molar-refractivity contribution is 7.92. The molecule has 0 spiro atoms. The van der Waals surface area contributed by atoms with Crippen LogP contribution in [0.15, 0.2) is 47.1 Å². The van der Waals surface area contributed by atoms with Crippen molar-refractivity contribution >= 4 is 21.4 Å². The summed E-state index contributed by atoms with van der Waals surface area (Å²) in [6.45, 7) is 0. The monoisotopic (exact) mass is 351 g/mol. The van der Waals surface area contributed by atoms with Crippen LogP contribution in [0.5, 0.6) is 11.5 Å². The zero-order chi connectivity index (χ0) is 16.4. The van der Waals surface area contributed by atoms with Crippen LogP contribution in [0.2, 0.25) is 0 Å². The molecular weight excluding hydrogens is 341 g/mol. The Bertz CT molecular complexity index is 940. The first kappa shape index (κ1) is 15.5. The van der Waals surface area contributed by atoms with Gasteiger partial charge in [0.25, 0.3) is 0 Å². The average molecular weight is 351 g/mol. The van der Waals surface area contributed by atoms with E-state index in [0.717, 1.165) is 17.8 Å². The van der Waals surface area contributed by atoms with E-state index in [-0.39, 0.29) is 10.1 Å². The molecule has 2 aromatic heterocycles. The van der Waals surface area contributed by atoms with Crippen molar-refractivity contribution in [1.29, 1.82) is 0 Å². The Hall–Kier alpha value is -2.39. The summed E-state index contributed by atoms with van der Waals surface area (Å²) in [5, 5.41) is 0. The number of benzene rings is 1. The van der Waals surface area contributed by atoms with Gasteiger partial charge in [0.15, 0.2) is 17.4 Å². The highest BCUT2D eigenvalue weighted by atomic mass is 32.2. The van der Waals surface area contributed by atoms with Crippen molar-refractivity contribution in [3.05, 3.63) is 48.5 Å². The highest BCUT2D eigenvalue weighted by Gasteiger charge is 2.15. The van der Waals surface area contributed by atoms with Crippen molar-refractivity contribution in [3.8, 4) is 22.9 Å². The summed E-state index contributed by atoms with van der Waals surface area (Å²) < 4.78 is 45.7. The van der Waals surface area contributed by atoms with E-state index in [2.05, 4.69) is 14.3 Å². The zero-order valence-electron chi connectivity index (χ0n) is 11.8. The minimum Gasteiger partial charge on any atom is -0.453 e. The first-order valence-electron chi connectivity index (χ1n) is 6.35. The first-order valence-corrected chi connectivity index (χ1v) is 9.01. The topological polar surface area (TPSA) is 82.0 Å². The normalized spacial score (nSPS) is 11.4. The van der Waals surface area contributed by atoms with Gasteiger partial charge in [-0.05, 0) is 41.9 Å². The molecule has 2 heterocycles. The van der Waals surface area contributed by atoms with E-state index < -0.39 is 15.7 Å². The van der Waals surface area contributed by atoms with Crippen LogP contribution in [0.25, 0.3) is 11.4 Å². The molecule has 0 aliphatic carbocycles. The molecule has 1 aromatic carbocycles. The van der Waals surface area contributed by atoms with Gasteiger partial charge >= 0.3 is 0 Å². The SMILES string of the molecule is CS(=O)(=O)c1nc(-c2ccc(Oc3cnccc3F)cc2)ns1. The molecule has 23 heavy (non-hydrogen) atoms. The van der Waals surface area contributed by atoms with Crippen molar-refractivity contribution in [2.45, 2.75) is 4.34 Å². The fourth-order valence-electron chi connectivity index (χ4n) is 1.71. The third-order valence-electron chi connectivity index (χ3n) is 2.80. The molecule has 3 rings (SSSR count). The Morgan fingerprint density at radius 3 is 2.52 bits per heavy atom. The average Bonchev–Trinajstić information content (AvgIpc) is 3.00. The van der Waals surface area contributed by atoms with E-state index in [4.69, 9.17) is 4.74 Å². The van der Waals surface area contributed by atoms with Crippen molar-refractivity contribution in [3.63, 3.8) is 0 Å². The summed E-state index contributed by atoms with van der Waals surface area (Å²) in [6.07, 6.45) is 3.69. The molecule has 0 radical (unpaired) electrons. The molecule has 0 unspecified atom stereocenters. The third kappa shape index (κ3) is 3.51. The maximum Gasteiger partial charge on any atom is 0.228 e. The van der Waals surface area contributed by atoms with E-state index in [0.29, 0.717) is 17.1 Å². The third-order valence-corrected chi connectivity index (χ3v) is 5.17. The van der Waals surface area contributed by atoms with Crippen molar-refractivity contribution in [2.75, 3.05) is 6.26 Å². The molecule has 0 fully saturated rings. The number of rotatable bonds is 4. The van der Waals surface area contributed by atoms with Crippen molar-refractivity contribution in [2.24, 2.45) is 0 Å². The van der Waals surface area contributed by atoms with Crippen LogP contribution in [-0.2, 0) is 9.84 Å². The maximum atomic E-state index is 13.5. The number of aromatic nitrogens is 3. The predicted molar refractivity (Wildman–Crippen MR) is 82.7 cm³/mol. The molecule has 0 bridgehead atoms.